The van der Waals surface area contributed by atoms with Gasteiger partial charge in [0.1, 0.15) is 11.4 Å². The summed E-state index contributed by atoms with van der Waals surface area (Å²) in [4.78, 5) is 22.3. The standard InChI is InChI=1S/C14H12FNO4/c15-10-3-1-9(2-4-10)5-6-16-7-11(14(19)20)13(18)12(17)8-16/h1-4,7-8,17H,5-6H2,(H,19,20). The zero-order valence-electron chi connectivity index (χ0n) is 10.4. The SMILES string of the molecule is O=C(O)c1cn(CCc2ccc(F)cc2)cc(O)c1=O. The summed E-state index contributed by atoms with van der Waals surface area (Å²) < 4.78 is 14.2. The molecule has 0 amide bonds. The number of carbonyl (C=O) groups is 1. The van der Waals surface area contributed by atoms with E-state index in [4.69, 9.17) is 5.11 Å². The van der Waals surface area contributed by atoms with E-state index in [1.54, 1.807) is 12.1 Å². The second-order valence-electron chi connectivity index (χ2n) is 4.31. The van der Waals surface area contributed by atoms with Crippen molar-refractivity contribution in [2.75, 3.05) is 0 Å². The Morgan fingerprint density at radius 3 is 2.45 bits per heavy atom. The van der Waals surface area contributed by atoms with Crippen molar-refractivity contribution < 1.29 is 19.4 Å². The Morgan fingerprint density at radius 1 is 1.20 bits per heavy atom. The van der Waals surface area contributed by atoms with Gasteiger partial charge in [-0.05, 0) is 24.1 Å². The van der Waals surface area contributed by atoms with Gasteiger partial charge >= 0.3 is 5.97 Å². The van der Waals surface area contributed by atoms with Crippen LogP contribution in [-0.2, 0) is 13.0 Å². The molecule has 104 valence electrons. The number of carboxylic acids is 1. The predicted octanol–water partition coefficient (Wildman–Crippen LogP) is 1.63. The predicted molar refractivity (Wildman–Crippen MR) is 69.4 cm³/mol. The minimum absolute atomic E-state index is 0.331. The number of pyridine rings is 1. The molecular formula is C14H12FNO4. The first-order valence-corrected chi connectivity index (χ1v) is 5.88. The quantitative estimate of drug-likeness (QED) is 0.890. The largest absolute Gasteiger partial charge is 0.503 e. The lowest BCUT2D eigenvalue weighted by Gasteiger charge is -2.08. The van der Waals surface area contributed by atoms with Crippen molar-refractivity contribution in [3.05, 3.63) is 63.8 Å². The van der Waals surface area contributed by atoms with Crippen LogP contribution in [0.2, 0.25) is 0 Å². The summed E-state index contributed by atoms with van der Waals surface area (Å²) in [5.74, 6) is -2.33. The molecule has 0 unspecified atom stereocenters. The van der Waals surface area contributed by atoms with E-state index in [1.165, 1.54) is 29.1 Å². The number of rotatable bonds is 4. The lowest BCUT2D eigenvalue weighted by atomic mass is 10.1. The molecule has 2 rings (SSSR count). The number of hydrogen-bond acceptors (Lipinski definition) is 3. The molecule has 1 aromatic heterocycles. The maximum Gasteiger partial charge on any atom is 0.341 e. The number of aryl methyl sites for hydroxylation is 2. The molecule has 2 N–H and O–H groups in total. The Morgan fingerprint density at radius 2 is 1.85 bits per heavy atom. The Labute approximate surface area is 113 Å². The topological polar surface area (TPSA) is 79.5 Å². The number of hydrogen-bond donors (Lipinski definition) is 2. The van der Waals surface area contributed by atoms with Gasteiger partial charge in [-0.25, -0.2) is 9.18 Å². The van der Waals surface area contributed by atoms with Crippen LogP contribution in [0.15, 0.2) is 41.5 Å². The van der Waals surface area contributed by atoms with Crippen LogP contribution < -0.4 is 5.43 Å². The van der Waals surface area contributed by atoms with Crippen molar-refractivity contribution in [3.8, 4) is 5.75 Å². The molecule has 0 aliphatic carbocycles. The van der Waals surface area contributed by atoms with Gasteiger partial charge in [0.15, 0.2) is 5.75 Å². The number of benzene rings is 1. The third-order valence-electron chi connectivity index (χ3n) is 2.86. The van der Waals surface area contributed by atoms with E-state index in [9.17, 15) is 19.1 Å². The number of aromatic hydroxyl groups is 1. The summed E-state index contributed by atoms with van der Waals surface area (Å²) in [6.45, 7) is 0.361. The van der Waals surface area contributed by atoms with E-state index in [-0.39, 0.29) is 5.82 Å². The maximum absolute atomic E-state index is 12.8. The molecule has 2 aromatic rings. The second kappa shape index (κ2) is 5.56. The second-order valence-corrected chi connectivity index (χ2v) is 4.31. The van der Waals surface area contributed by atoms with Crippen LogP contribution in [0.25, 0.3) is 0 Å². The van der Waals surface area contributed by atoms with Gasteiger partial charge in [0.25, 0.3) is 0 Å². The number of aromatic carboxylic acids is 1. The van der Waals surface area contributed by atoms with E-state index >= 15 is 0 Å². The van der Waals surface area contributed by atoms with Crippen LogP contribution in [0.4, 0.5) is 4.39 Å². The van der Waals surface area contributed by atoms with Crippen LogP contribution in [0.3, 0.4) is 0 Å². The summed E-state index contributed by atoms with van der Waals surface area (Å²) in [6.07, 6.45) is 2.87. The lowest BCUT2D eigenvalue weighted by molar-refractivity contribution is 0.0693. The Bertz CT molecular complexity index is 691. The van der Waals surface area contributed by atoms with Crippen LogP contribution in [-0.4, -0.2) is 20.7 Å². The first kappa shape index (κ1) is 13.8. The molecule has 0 radical (unpaired) electrons. The smallest absolute Gasteiger partial charge is 0.341 e. The van der Waals surface area contributed by atoms with Gasteiger partial charge in [-0.2, -0.15) is 0 Å². The molecular weight excluding hydrogens is 265 g/mol. The molecule has 5 nitrogen and oxygen atoms in total. The third kappa shape index (κ3) is 3.03. The summed E-state index contributed by atoms with van der Waals surface area (Å²) >= 11 is 0. The van der Waals surface area contributed by atoms with Crippen molar-refractivity contribution in [1.82, 2.24) is 4.57 Å². The average Bonchev–Trinajstić information content (AvgIpc) is 2.41. The van der Waals surface area contributed by atoms with E-state index in [0.717, 1.165) is 5.56 Å². The van der Waals surface area contributed by atoms with Gasteiger partial charge in [-0.1, -0.05) is 12.1 Å². The van der Waals surface area contributed by atoms with Crippen molar-refractivity contribution in [3.63, 3.8) is 0 Å². The van der Waals surface area contributed by atoms with Gasteiger partial charge in [-0.15, -0.1) is 0 Å². The highest BCUT2D eigenvalue weighted by atomic mass is 19.1. The Hall–Kier alpha value is -2.63. The van der Waals surface area contributed by atoms with E-state index in [0.29, 0.717) is 13.0 Å². The van der Waals surface area contributed by atoms with Crippen molar-refractivity contribution in [2.45, 2.75) is 13.0 Å². The first-order chi connectivity index (χ1) is 9.47. The maximum atomic E-state index is 12.8. The third-order valence-corrected chi connectivity index (χ3v) is 2.86. The number of carboxylic acid groups (broad SMARTS) is 1. The molecule has 0 bridgehead atoms. The summed E-state index contributed by atoms with van der Waals surface area (Å²) in [7, 11) is 0. The molecule has 0 fully saturated rings. The van der Waals surface area contributed by atoms with Gasteiger partial charge in [0, 0.05) is 18.9 Å². The first-order valence-electron chi connectivity index (χ1n) is 5.88. The fourth-order valence-corrected chi connectivity index (χ4v) is 1.81. The number of aromatic nitrogens is 1. The molecule has 1 aromatic carbocycles. The molecule has 0 saturated carbocycles. The van der Waals surface area contributed by atoms with Crippen LogP contribution >= 0.6 is 0 Å². The van der Waals surface area contributed by atoms with Gasteiger partial charge in [0.05, 0.1) is 0 Å². The fourth-order valence-electron chi connectivity index (χ4n) is 1.81. The molecule has 0 saturated heterocycles. The number of halogens is 1. The molecule has 0 aliphatic rings. The van der Waals surface area contributed by atoms with Gasteiger partial charge in [0.2, 0.25) is 5.43 Å². The van der Waals surface area contributed by atoms with Crippen LogP contribution in [0, 0.1) is 5.82 Å². The van der Waals surface area contributed by atoms with Gasteiger partial charge in [-0.3, -0.25) is 4.79 Å². The van der Waals surface area contributed by atoms with Crippen molar-refractivity contribution in [1.29, 1.82) is 0 Å². The van der Waals surface area contributed by atoms with Gasteiger partial charge < -0.3 is 14.8 Å². The molecule has 0 aliphatic heterocycles. The highest BCUT2D eigenvalue weighted by molar-refractivity contribution is 5.87. The Balaban J connectivity index is 2.19. The highest BCUT2D eigenvalue weighted by Gasteiger charge is 2.13. The zero-order valence-corrected chi connectivity index (χ0v) is 10.4. The summed E-state index contributed by atoms with van der Waals surface area (Å²) in [5.41, 5.74) is -0.527. The minimum atomic E-state index is -1.39. The van der Waals surface area contributed by atoms with Crippen LogP contribution in [0.5, 0.6) is 5.75 Å². The minimum Gasteiger partial charge on any atom is -0.503 e. The fraction of sp³-hybridized carbons (Fsp3) is 0.143. The molecule has 1 heterocycles. The molecule has 0 spiro atoms. The highest BCUT2D eigenvalue weighted by Crippen LogP contribution is 2.08. The average molecular weight is 277 g/mol. The molecule has 6 heteroatoms. The number of nitrogens with zero attached hydrogens (tertiary/aromatic N) is 1. The molecule has 20 heavy (non-hydrogen) atoms. The lowest BCUT2D eigenvalue weighted by Crippen LogP contribution is -2.17. The van der Waals surface area contributed by atoms with Crippen molar-refractivity contribution >= 4 is 5.97 Å². The normalized spacial score (nSPS) is 10.4. The van der Waals surface area contributed by atoms with Crippen molar-refractivity contribution in [2.24, 2.45) is 0 Å². The van der Waals surface area contributed by atoms with E-state index in [1.807, 2.05) is 0 Å². The summed E-state index contributed by atoms with van der Waals surface area (Å²) in [5, 5.41) is 18.3. The van der Waals surface area contributed by atoms with E-state index in [2.05, 4.69) is 0 Å². The monoisotopic (exact) mass is 277 g/mol. The van der Waals surface area contributed by atoms with E-state index < -0.39 is 22.7 Å². The Kier molecular flexibility index (Phi) is 3.84. The zero-order chi connectivity index (χ0) is 14.7. The molecule has 0 atom stereocenters. The summed E-state index contributed by atoms with van der Waals surface area (Å²) in [6, 6.07) is 5.91. The van der Waals surface area contributed by atoms with Crippen LogP contribution in [0.1, 0.15) is 15.9 Å².